The lowest BCUT2D eigenvalue weighted by atomic mass is 10.3. The molecule has 130 valence electrons. The third-order valence-electron chi connectivity index (χ3n) is 3.57. The molecule has 0 fully saturated rings. The molecule has 0 bridgehead atoms. The van der Waals surface area contributed by atoms with Gasteiger partial charge in [0.2, 0.25) is 5.91 Å². The van der Waals surface area contributed by atoms with Crippen molar-refractivity contribution in [2.24, 2.45) is 0 Å². The van der Waals surface area contributed by atoms with Gasteiger partial charge >= 0.3 is 0 Å². The number of carbonyl (C=O) groups excluding carboxylic acids is 2. The number of nitrogens with one attached hydrogen (secondary N) is 3. The van der Waals surface area contributed by atoms with Crippen LogP contribution in [0.2, 0.25) is 0 Å². The van der Waals surface area contributed by atoms with Gasteiger partial charge in [0.1, 0.15) is 17.6 Å². The van der Waals surface area contributed by atoms with Gasteiger partial charge in [0.15, 0.2) is 6.54 Å². The average Bonchev–Trinajstić information content (AvgIpc) is 2.93. The summed E-state index contributed by atoms with van der Waals surface area (Å²) in [5, 5.41) is 6.53. The first-order valence-corrected chi connectivity index (χ1v) is 9.04. The third kappa shape index (κ3) is 5.28. The molecule has 2 aromatic rings. The molecular weight excluding hydrogens is 324 g/mol. The van der Waals surface area contributed by atoms with Gasteiger partial charge in [0.05, 0.1) is 17.3 Å². The first-order chi connectivity index (χ1) is 11.5. The highest BCUT2D eigenvalue weighted by atomic mass is 32.1. The van der Waals surface area contributed by atoms with Crippen LogP contribution >= 0.6 is 11.3 Å². The summed E-state index contributed by atoms with van der Waals surface area (Å²) in [6.45, 7) is 5.31. The molecule has 1 unspecified atom stereocenters. The molecule has 0 aliphatic rings. The molecule has 0 aliphatic heterocycles. The van der Waals surface area contributed by atoms with E-state index in [1.165, 1.54) is 0 Å². The molecule has 0 aliphatic carbocycles. The van der Waals surface area contributed by atoms with Crippen LogP contribution in [0, 0.1) is 0 Å². The van der Waals surface area contributed by atoms with E-state index in [9.17, 15) is 9.59 Å². The summed E-state index contributed by atoms with van der Waals surface area (Å²) in [5.74, 6) is -0.276. The molecule has 3 N–H and O–H groups in total. The maximum atomic E-state index is 12.1. The number of para-hydroxylation sites is 1. The molecule has 0 saturated carbocycles. The molecule has 2 rings (SSSR count). The van der Waals surface area contributed by atoms with Crippen LogP contribution in [0.15, 0.2) is 24.3 Å². The van der Waals surface area contributed by atoms with Crippen LogP contribution in [-0.4, -0.2) is 43.0 Å². The molecule has 1 aromatic heterocycles. The number of fused-ring (bicyclic) bond motifs is 1. The summed E-state index contributed by atoms with van der Waals surface area (Å²) in [6.07, 6.45) is 0.876. The summed E-state index contributed by atoms with van der Waals surface area (Å²) in [6, 6.07) is 7.50. The molecule has 24 heavy (non-hydrogen) atoms. The Kier molecular flexibility index (Phi) is 6.69. The van der Waals surface area contributed by atoms with Crippen molar-refractivity contribution in [3.05, 3.63) is 29.3 Å². The lowest BCUT2D eigenvalue weighted by Crippen LogP contribution is -3.09. The number of benzene rings is 1. The van der Waals surface area contributed by atoms with Crippen molar-refractivity contribution >= 4 is 33.4 Å². The fraction of sp³-hybridized carbons (Fsp3) is 0.471. The fourth-order valence-corrected chi connectivity index (χ4v) is 3.43. The van der Waals surface area contributed by atoms with Gasteiger partial charge in [-0.3, -0.25) is 9.59 Å². The van der Waals surface area contributed by atoms with Crippen LogP contribution < -0.4 is 15.5 Å². The normalized spacial score (nSPS) is 13.5. The van der Waals surface area contributed by atoms with Crippen LogP contribution in [-0.2, 0) is 16.1 Å². The third-order valence-corrected chi connectivity index (χ3v) is 4.61. The van der Waals surface area contributed by atoms with Crippen molar-refractivity contribution < 1.29 is 14.5 Å². The van der Waals surface area contributed by atoms with Crippen molar-refractivity contribution in [2.75, 3.05) is 20.1 Å². The van der Waals surface area contributed by atoms with Crippen molar-refractivity contribution in [3.63, 3.8) is 0 Å². The van der Waals surface area contributed by atoms with Gasteiger partial charge in [0, 0.05) is 6.54 Å². The SMILES string of the molecule is CCCNC(=O)[C@@H](C)NC(=O)C[NH+](C)Cc1nc2ccccc2s1. The monoisotopic (exact) mass is 349 g/mol. The van der Waals surface area contributed by atoms with E-state index < -0.39 is 6.04 Å². The lowest BCUT2D eigenvalue weighted by Gasteiger charge is -2.16. The first kappa shape index (κ1) is 18.4. The standard InChI is InChI=1S/C17H24N4O2S/c1-4-9-18-17(23)12(2)19-15(22)10-21(3)11-16-20-13-7-5-6-8-14(13)24-16/h5-8,12H,4,9-11H2,1-3H3,(H,18,23)(H,19,22)/p+1/t12-/m1/s1. The molecule has 1 aromatic carbocycles. The Balaban J connectivity index is 1.81. The Labute approximate surface area is 146 Å². The smallest absolute Gasteiger partial charge is 0.275 e. The Morgan fingerprint density at radius 2 is 2.08 bits per heavy atom. The highest BCUT2D eigenvalue weighted by molar-refractivity contribution is 7.18. The van der Waals surface area contributed by atoms with Crippen molar-refractivity contribution in [2.45, 2.75) is 32.9 Å². The molecular formula is C17H25N4O2S+. The Bertz CT molecular complexity index is 668. The van der Waals surface area contributed by atoms with Gasteiger partial charge in [-0.05, 0) is 25.5 Å². The van der Waals surface area contributed by atoms with Gasteiger partial charge in [0.25, 0.3) is 5.91 Å². The number of hydrogen-bond acceptors (Lipinski definition) is 4. The van der Waals surface area contributed by atoms with Gasteiger partial charge < -0.3 is 15.5 Å². The Morgan fingerprint density at radius 1 is 1.33 bits per heavy atom. The number of likely N-dealkylation sites (N-methyl/N-ethyl adjacent to an activating group) is 1. The van der Waals surface area contributed by atoms with Gasteiger partial charge in [-0.2, -0.15) is 0 Å². The van der Waals surface area contributed by atoms with Crippen LogP contribution in [0.25, 0.3) is 10.2 Å². The number of thiazole rings is 1. The second-order valence-corrected chi connectivity index (χ2v) is 7.08. The summed E-state index contributed by atoms with van der Waals surface area (Å²) >= 11 is 1.65. The predicted octanol–water partition coefficient (Wildman–Crippen LogP) is 0.342. The number of nitrogens with zero attached hydrogens (tertiary/aromatic N) is 1. The Hall–Kier alpha value is -1.99. The minimum absolute atomic E-state index is 0.132. The zero-order valence-corrected chi connectivity index (χ0v) is 15.2. The van der Waals surface area contributed by atoms with E-state index in [4.69, 9.17) is 0 Å². The summed E-state index contributed by atoms with van der Waals surface area (Å²) in [5.41, 5.74) is 0.996. The van der Waals surface area contributed by atoms with E-state index in [1.54, 1.807) is 18.3 Å². The molecule has 7 heteroatoms. The summed E-state index contributed by atoms with van der Waals surface area (Å²) < 4.78 is 1.16. The number of carbonyl (C=O) groups is 2. The number of hydrogen-bond donors (Lipinski definition) is 3. The largest absolute Gasteiger partial charge is 0.354 e. The molecule has 2 amide bonds. The maximum absolute atomic E-state index is 12.1. The molecule has 0 spiro atoms. The minimum atomic E-state index is -0.515. The van der Waals surface area contributed by atoms with Gasteiger partial charge in [-0.25, -0.2) is 4.98 Å². The summed E-state index contributed by atoms with van der Waals surface area (Å²) in [4.78, 5) is 29.5. The molecule has 0 radical (unpaired) electrons. The first-order valence-electron chi connectivity index (χ1n) is 8.22. The predicted molar refractivity (Wildman–Crippen MR) is 96.0 cm³/mol. The topological polar surface area (TPSA) is 75.5 Å². The van der Waals surface area contributed by atoms with E-state index >= 15 is 0 Å². The van der Waals surface area contributed by atoms with E-state index in [1.807, 2.05) is 32.2 Å². The highest BCUT2D eigenvalue weighted by Crippen LogP contribution is 2.20. The lowest BCUT2D eigenvalue weighted by molar-refractivity contribution is -0.885. The zero-order valence-electron chi connectivity index (χ0n) is 14.4. The van der Waals surface area contributed by atoms with Crippen molar-refractivity contribution in [3.8, 4) is 0 Å². The molecule has 2 atom stereocenters. The van der Waals surface area contributed by atoms with Crippen molar-refractivity contribution in [1.82, 2.24) is 15.6 Å². The quantitative estimate of drug-likeness (QED) is 0.643. The maximum Gasteiger partial charge on any atom is 0.275 e. The Morgan fingerprint density at radius 3 is 2.79 bits per heavy atom. The second-order valence-electron chi connectivity index (χ2n) is 5.97. The number of rotatable bonds is 8. The number of quaternary nitrogens is 1. The molecule has 1 heterocycles. The second kappa shape index (κ2) is 8.75. The molecule has 6 nitrogen and oxygen atoms in total. The van der Waals surface area contributed by atoms with Gasteiger partial charge in [-0.1, -0.05) is 19.1 Å². The van der Waals surface area contributed by atoms with E-state index in [0.717, 1.165) is 26.5 Å². The van der Waals surface area contributed by atoms with Crippen LogP contribution in [0.5, 0.6) is 0 Å². The highest BCUT2D eigenvalue weighted by Gasteiger charge is 2.18. The van der Waals surface area contributed by atoms with Crippen molar-refractivity contribution in [1.29, 1.82) is 0 Å². The summed E-state index contributed by atoms with van der Waals surface area (Å²) in [7, 11) is 1.95. The van der Waals surface area contributed by atoms with E-state index in [0.29, 0.717) is 19.6 Å². The van der Waals surface area contributed by atoms with Gasteiger partial charge in [-0.15, -0.1) is 11.3 Å². The zero-order chi connectivity index (χ0) is 17.5. The van der Waals surface area contributed by atoms with Crippen LogP contribution in [0.4, 0.5) is 0 Å². The van der Waals surface area contributed by atoms with E-state index in [2.05, 4.69) is 21.7 Å². The number of aromatic nitrogens is 1. The van der Waals surface area contributed by atoms with E-state index in [-0.39, 0.29) is 11.8 Å². The minimum Gasteiger partial charge on any atom is -0.354 e. The number of amides is 2. The van der Waals surface area contributed by atoms with Crippen LogP contribution in [0.1, 0.15) is 25.3 Å². The van der Waals surface area contributed by atoms with Crippen LogP contribution in [0.3, 0.4) is 0 Å². The fourth-order valence-electron chi connectivity index (χ4n) is 2.35. The average molecular weight is 349 g/mol. The molecule has 0 saturated heterocycles.